The average molecular weight is 347 g/mol. The molecule has 0 N–H and O–H groups in total. The minimum absolute atomic E-state index is 0.00866. The third-order valence-electron chi connectivity index (χ3n) is 4.13. The maximum Gasteiger partial charge on any atom is 0.124 e. The van der Waals surface area contributed by atoms with Crippen molar-refractivity contribution < 1.29 is 4.74 Å². The van der Waals surface area contributed by atoms with E-state index in [1.165, 1.54) is 22.3 Å². The highest BCUT2D eigenvalue weighted by molar-refractivity contribution is 9.09. The Morgan fingerprint density at radius 2 is 1.52 bits per heavy atom. The average Bonchev–Trinajstić information content (AvgIpc) is 2.47. The van der Waals surface area contributed by atoms with Gasteiger partial charge < -0.3 is 4.74 Å². The van der Waals surface area contributed by atoms with Gasteiger partial charge in [-0.25, -0.2) is 0 Å². The standard InChI is InChI=1S/C19H23BrO/c1-13-11-15(12-14(2)17(13)21-5)18(20)19(3,4)16-9-7-6-8-10-16/h6-12,18H,1-5H3. The number of hydrogen-bond acceptors (Lipinski definition) is 1. The topological polar surface area (TPSA) is 9.23 Å². The zero-order valence-corrected chi connectivity index (χ0v) is 15.0. The second-order valence-electron chi connectivity index (χ2n) is 6.14. The molecular formula is C19H23BrO. The van der Waals surface area contributed by atoms with Crippen LogP contribution in [0.4, 0.5) is 0 Å². The third kappa shape index (κ3) is 3.16. The number of aryl methyl sites for hydroxylation is 2. The van der Waals surface area contributed by atoms with Crippen molar-refractivity contribution in [2.45, 2.75) is 37.9 Å². The molecule has 0 bridgehead atoms. The van der Waals surface area contributed by atoms with Crippen molar-refractivity contribution in [1.29, 1.82) is 0 Å². The van der Waals surface area contributed by atoms with E-state index in [0.29, 0.717) is 0 Å². The summed E-state index contributed by atoms with van der Waals surface area (Å²) in [6.45, 7) is 8.75. The second kappa shape index (κ2) is 6.23. The molecule has 112 valence electrons. The van der Waals surface area contributed by atoms with Crippen LogP contribution in [0, 0.1) is 13.8 Å². The largest absolute Gasteiger partial charge is 0.496 e. The van der Waals surface area contributed by atoms with E-state index < -0.39 is 0 Å². The lowest BCUT2D eigenvalue weighted by molar-refractivity contribution is 0.408. The minimum atomic E-state index is 0.00866. The molecule has 0 amide bonds. The SMILES string of the molecule is COc1c(C)cc(C(Br)C(C)(C)c2ccccc2)cc1C. The number of hydrogen-bond donors (Lipinski definition) is 0. The molecule has 0 radical (unpaired) electrons. The maximum absolute atomic E-state index is 5.47. The first-order chi connectivity index (χ1) is 9.87. The second-order valence-corrected chi connectivity index (χ2v) is 7.05. The van der Waals surface area contributed by atoms with Crippen molar-refractivity contribution in [1.82, 2.24) is 0 Å². The molecule has 1 unspecified atom stereocenters. The predicted molar refractivity (Wildman–Crippen MR) is 93.6 cm³/mol. The molecule has 0 fully saturated rings. The minimum Gasteiger partial charge on any atom is -0.496 e. The smallest absolute Gasteiger partial charge is 0.124 e. The highest BCUT2D eigenvalue weighted by Gasteiger charge is 2.31. The summed E-state index contributed by atoms with van der Waals surface area (Å²) in [5.41, 5.74) is 4.99. The molecule has 1 atom stereocenters. The van der Waals surface area contributed by atoms with Crippen molar-refractivity contribution in [2.24, 2.45) is 0 Å². The van der Waals surface area contributed by atoms with E-state index in [1.54, 1.807) is 7.11 Å². The summed E-state index contributed by atoms with van der Waals surface area (Å²) in [4.78, 5) is 0.246. The number of alkyl halides is 1. The molecule has 0 aliphatic heterocycles. The van der Waals surface area contributed by atoms with Crippen molar-refractivity contribution in [2.75, 3.05) is 7.11 Å². The van der Waals surface area contributed by atoms with Crippen molar-refractivity contribution >= 4 is 15.9 Å². The number of halogens is 1. The van der Waals surface area contributed by atoms with E-state index in [4.69, 9.17) is 4.74 Å². The van der Waals surface area contributed by atoms with Gasteiger partial charge in [-0.2, -0.15) is 0 Å². The van der Waals surface area contributed by atoms with Gasteiger partial charge in [-0.05, 0) is 36.1 Å². The van der Waals surface area contributed by atoms with Gasteiger partial charge in [0.25, 0.3) is 0 Å². The van der Waals surface area contributed by atoms with Crippen LogP contribution < -0.4 is 4.74 Å². The van der Waals surface area contributed by atoms with Gasteiger partial charge in [0.05, 0.1) is 7.11 Å². The van der Waals surface area contributed by atoms with Gasteiger partial charge in [-0.1, -0.05) is 72.2 Å². The van der Waals surface area contributed by atoms with Gasteiger partial charge in [0, 0.05) is 10.2 Å². The number of methoxy groups -OCH3 is 1. The molecule has 2 rings (SSSR count). The fourth-order valence-corrected chi connectivity index (χ4v) is 3.41. The fourth-order valence-electron chi connectivity index (χ4n) is 2.88. The Hall–Kier alpha value is -1.28. The molecule has 21 heavy (non-hydrogen) atoms. The Labute approximate surface area is 136 Å². The fraction of sp³-hybridized carbons (Fsp3) is 0.368. The van der Waals surface area contributed by atoms with E-state index in [0.717, 1.165) is 5.75 Å². The van der Waals surface area contributed by atoms with Gasteiger partial charge in [-0.3, -0.25) is 0 Å². The van der Waals surface area contributed by atoms with Crippen LogP contribution in [0.1, 0.15) is 40.9 Å². The zero-order chi connectivity index (χ0) is 15.6. The lowest BCUT2D eigenvalue weighted by atomic mass is 9.78. The molecule has 0 heterocycles. The molecule has 0 aliphatic carbocycles. The van der Waals surface area contributed by atoms with Gasteiger partial charge in [0.15, 0.2) is 0 Å². The van der Waals surface area contributed by atoms with Crippen molar-refractivity contribution in [3.05, 3.63) is 64.7 Å². The molecule has 1 nitrogen and oxygen atoms in total. The van der Waals surface area contributed by atoms with Gasteiger partial charge in [0.1, 0.15) is 5.75 Å². The zero-order valence-electron chi connectivity index (χ0n) is 13.4. The van der Waals surface area contributed by atoms with Crippen molar-refractivity contribution in [3.63, 3.8) is 0 Å². The van der Waals surface area contributed by atoms with Crippen LogP contribution in [-0.2, 0) is 5.41 Å². The van der Waals surface area contributed by atoms with Crippen LogP contribution in [0.25, 0.3) is 0 Å². The Balaban J connectivity index is 2.42. The highest BCUT2D eigenvalue weighted by atomic mass is 79.9. The van der Waals surface area contributed by atoms with Crippen LogP contribution in [0.2, 0.25) is 0 Å². The summed E-state index contributed by atoms with van der Waals surface area (Å²) in [5, 5.41) is 0. The third-order valence-corrected chi connectivity index (χ3v) is 5.80. The van der Waals surface area contributed by atoms with Crippen LogP contribution in [0.15, 0.2) is 42.5 Å². The summed E-state index contributed by atoms with van der Waals surface area (Å²) in [6, 6.07) is 15.1. The normalized spacial score (nSPS) is 13.0. The Morgan fingerprint density at radius 3 is 2.00 bits per heavy atom. The lowest BCUT2D eigenvalue weighted by Crippen LogP contribution is -2.23. The van der Waals surface area contributed by atoms with E-state index in [1.807, 2.05) is 0 Å². The Bertz CT molecular complexity index is 594. The summed E-state index contributed by atoms with van der Waals surface area (Å²) < 4.78 is 5.47. The van der Waals surface area contributed by atoms with Crippen LogP contribution in [0.3, 0.4) is 0 Å². The summed E-state index contributed by atoms with van der Waals surface area (Å²) >= 11 is 3.92. The number of ether oxygens (including phenoxy) is 1. The Morgan fingerprint density at radius 1 is 1.00 bits per heavy atom. The molecule has 2 aromatic carbocycles. The highest BCUT2D eigenvalue weighted by Crippen LogP contribution is 2.44. The number of benzene rings is 2. The van der Waals surface area contributed by atoms with Crippen LogP contribution in [-0.4, -0.2) is 7.11 Å². The molecule has 0 saturated heterocycles. The van der Waals surface area contributed by atoms with E-state index in [-0.39, 0.29) is 10.2 Å². The monoisotopic (exact) mass is 346 g/mol. The molecule has 0 aliphatic rings. The summed E-state index contributed by atoms with van der Waals surface area (Å²) in [6.07, 6.45) is 0. The quantitative estimate of drug-likeness (QED) is 0.642. The summed E-state index contributed by atoms with van der Waals surface area (Å²) in [5.74, 6) is 0.982. The summed E-state index contributed by atoms with van der Waals surface area (Å²) in [7, 11) is 1.73. The van der Waals surface area contributed by atoms with Crippen molar-refractivity contribution in [3.8, 4) is 5.75 Å². The van der Waals surface area contributed by atoms with Gasteiger partial charge in [0.2, 0.25) is 0 Å². The molecule has 0 aromatic heterocycles. The van der Waals surface area contributed by atoms with Gasteiger partial charge in [-0.15, -0.1) is 0 Å². The van der Waals surface area contributed by atoms with E-state index in [9.17, 15) is 0 Å². The predicted octanol–water partition coefficient (Wildman–Crippen LogP) is 5.73. The molecule has 2 aromatic rings. The number of rotatable bonds is 4. The molecule has 2 heteroatoms. The molecular weight excluding hydrogens is 324 g/mol. The van der Waals surface area contributed by atoms with Gasteiger partial charge >= 0.3 is 0 Å². The first-order valence-electron chi connectivity index (χ1n) is 7.22. The molecule has 0 saturated carbocycles. The van der Waals surface area contributed by atoms with E-state index >= 15 is 0 Å². The Kier molecular flexibility index (Phi) is 4.77. The maximum atomic E-state index is 5.47. The van der Waals surface area contributed by atoms with E-state index in [2.05, 4.69) is 86.1 Å². The van der Waals surface area contributed by atoms with Crippen LogP contribution in [0.5, 0.6) is 5.75 Å². The lowest BCUT2D eigenvalue weighted by Gasteiger charge is -2.32. The molecule has 0 spiro atoms. The first-order valence-corrected chi connectivity index (χ1v) is 8.14. The first kappa shape index (κ1) is 16.1. The van der Waals surface area contributed by atoms with Crippen LogP contribution >= 0.6 is 15.9 Å².